The number of carboxylic acids is 3. The molecule has 0 aliphatic heterocycles. The molecule has 0 aliphatic carbocycles. The summed E-state index contributed by atoms with van der Waals surface area (Å²) < 4.78 is 0. The highest BCUT2D eigenvalue weighted by Crippen LogP contribution is 2.08. The standard InChI is InChI=1S/C37H54N10O13/c1-20(48)31(36(58)44-25(37(59)60)9-5-6-14-38)47-35(57)27(16-22-17-40-19-42-22)46-34(56)24(11-13-30(52)53)43-28(49)18-41-33(55)26(15-21-7-3-2-4-8-21)45-32(54)23(39)10-12-29(50)51/h2-4,7-8,17,19-20,23-27,31,48H,5-6,9-16,18,38-39H2,1H3,(H,40,42)(H,41,55)(H,43,49)(H,44,58)(H,45,54)(H,46,56)(H,47,57)(H,50,51)(H,52,53)(H,59,60)/t20-,23+,24+,25+,26+,27+,31+/m1/s1. The number of rotatable bonds is 28. The van der Waals surface area contributed by atoms with Gasteiger partial charge in [-0.25, -0.2) is 9.78 Å². The molecule has 2 rings (SSSR count). The number of benzene rings is 1. The number of hydrogen-bond acceptors (Lipinski definition) is 13. The molecule has 0 radical (unpaired) electrons. The van der Waals surface area contributed by atoms with E-state index in [1.165, 1.54) is 19.4 Å². The van der Waals surface area contributed by atoms with Crippen molar-refractivity contribution in [2.24, 2.45) is 11.5 Å². The van der Waals surface area contributed by atoms with E-state index in [9.17, 15) is 58.5 Å². The fourth-order valence-corrected chi connectivity index (χ4v) is 5.59. The van der Waals surface area contributed by atoms with E-state index in [0.29, 0.717) is 30.6 Å². The van der Waals surface area contributed by atoms with Gasteiger partial charge in [-0.15, -0.1) is 0 Å². The number of aromatic amines is 1. The Labute approximate surface area is 344 Å². The van der Waals surface area contributed by atoms with E-state index >= 15 is 0 Å². The minimum Gasteiger partial charge on any atom is -0.481 e. The number of carbonyl (C=O) groups excluding carboxylic acids is 6. The second-order valence-electron chi connectivity index (χ2n) is 13.8. The second kappa shape index (κ2) is 25.8. The Morgan fingerprint density at radius 2 is 1.30 bits per heavy atom. The van der Waals surface area contributed by atoms with Crippen molar-refractivity contribution in [1.29, 1.82) is 0 Å². The number of aliphatic carboxylic acids is 3. The molecule has 7 atom stereocenters. The van der Waals surface area contributed by atoms with Crippen LogP contribution in [-0.4, -0.2) is 139 Å². The van der Waals surface area contributed by atoms with Crippen LogP contribution >= 0.6 is 0 Å². The van der Waals surface area contributed by atoms with Crippen LogP contribution in [0.2, 0.25) is 0 Å². The summed E-state index contributed by atoms with van der Waals surface area (Å²) in [4.78, 5) is 120. The molecule has 2 aromatic rings. The van der Waals surface area contributed by atoms with Gasteiger partial charge in [0.1, 0.15) is 30.2 Å². The normalized spacial score (nSPS) is 14.4. The first-order chi connectivity index (χ1) is 28.4. The molecule has 0 saturated heterocycles. The van der Waals surface area contributed by atoms with Crippen LogP contribution in [0, 0.1) is 0 Å². The van der Waals surface area contributed by atoms with E-state index in [-0.39, 0.29) is 25.7 Å². The third kappa shape index (κ3) is 18.4. The number of aliphatic hydroxyl groups excluding tert-OH is 1. The number of amides is 6. The number of hydrogen-bond donors (Lipinski definition) is 13. The predicted molar refractivity (Wildman–Crippen MR) is 209 cm³/mol. The van der Waals surface area contributed by atoms with Gasteiger partial charge in [0, 0.05) is 37.6 Å². The Kier molecular flexibility index (Phi) is 21.4. The zero-order valence-electron chi connectivity index (χ0n) is 32.9. The van der Waals surface area contributed by atoms with Crippen molar-refractivity contribution in [2.45, 2.75) is 107 Å². The van der Waals surface area contributed by atoms with Gasteiger partial charge in [0.25, 0.3) is 0 Å². The molecule has 23 heteroatoms. The summed E-state index contributed by atoms with van der Waals surface area (Å²) in [7, 11) is 0. The van der Waals surface area contributed by atoms with Gasteiger partial charge < -0.3 is 68.8 Å². The Bertz CT molecular complexity index is 1760. The molecule has 15 N–H and O–H groups in total. The molecule has 1 aromatic carbocycles. The maximum Gasteiger partial charge on any atom is 0.326 e. The first-order valence-corrected chi connectivity index (χ1v) is 19.0. The molecular formula is C37H54N10O13. The summed E-state index contributed by atoms with van der Waals surface area (Å²) in [5, 5.41) is 52.4. The fourth-order valence-electron chi connectivity index (χ4n) is 5.59. The van der Waals surface area contributed by atoms with E-state index < -0.39 is 122 Å². The van der Waals surface area contributed by atoms with Crippen molar-refractivity contribution < 1.29 is 63.6 Å². The Morgan fingerprint density at radius 3 is 1.88 bits per heavy atom. The smallest absolute Gasteiger partial charge is 0.326 e. The van der Waals surface area contributed by atoms with Gasteiger partial charge in [-0.2, -0.15) is 0 Å². The van der Waals surface area contributed by atoms with Crippen LogP contribution in [0.5, 0.6) is 0 Å². The number of carboxylic acid groups (broad SMARTS) is 3. The maximum absolute atomic E-state index is 13.7. The second-order valence-corrected chi connectivity index (χ2v) is 13.8. The highest BCUT2D eigenvalue weighted by molar-refractivity contribution is 5.96. The van der Waals surface area contributed by atoms with Crippen LogP contribution in [-0.2, 0) is 56.0 Å². The zero-order chi connectivity index (χ0) is 44.8. The highest BCUT2D eigenvalue weighted by atomic mass is 16.4. The van der Waals surface area contributed by atoms with Crippen LogP contribution in [0.25, 0.3) is 0 Å². The fraction of sp³-hybridized carbons (Fsp3) is 0.514. The Morgan fingerprint density at radius 1 is 0.700 bits per heavy atom. The molecule has 0 fully saturated rings. The van der Waals surface area contributed by atoms with Gasteiger partial charge in [-0.3, -0.25) is 38.4 Å². The zero-order valence-corrected chi connectivity index (χ0v) is 32.9. The SMILES string of the molecule is C[C@@H](O)[C@H](NC(=O)[C@H](Cc1cnc[nH]1)NC(=O)[C@H](CCC(=O)O)NC(=O)CNC(=O)[C@H](Cc1ccccc1)NC(=O)[C@@H](N)CCC(=O)O)C(=O)N[C@@H](CCCCN)C(=O)O. The molecular weight excluding hydrogens is 792 g/mol. The van der Waals surface area contributed by atoms with E-state index in [2.05, 4.69) is 41.9 Å². The van der Waals surface area contributed by atoms with E-state index in [4.69, 9.17) is 16.6 Å². The van der Waals surface area contributed by atoms with Gasteiger partial charge in [0.15, 0.2) is 0 Å². The predicted octanol–water partition coefficient (Wildman–Crippen LogP) is -3.61. The van der Waals surface area contributed by atoms with Gasteiger partial charge in [-0.1, -0.05) is 30.3 Å². The lowest BCUT2D eigenvalue weighted by molar-refractivity contribution is -0.143. The number of aliphatic hydroxyl groups is 1. The molecule has 6 amide bonds. The number of imidazole rings is 1. The largest absolute Gasteiger partial charge is 0.481 e. The third-order valence-electron chi connectivity index (χ3n) is 8.88. The molecule has 0 saturated carbocycles. The summed E-state index contributed by atoms with van der Waals surface area (Å²) in [5.74, 6) is -9.64. The molecule has 0 bridgehead atoms. The maximum atomic E-state index is 13.7. The Balaban J connectivity index is 2.23. The van der Waals surface area contributed by atoms with Crippen molar-refractivity contribution >= 4 is 53.4 Å². The molecule has 1 aromatic heterocycles. The average molecular weight is 847 g/mol. The molecule has 1 heterocycles. The van der Waals surface area contributed by atoms with Crippen LogP contribution in [0.15, 0.2) is 42.9 Å². The quantitative estimate of drug-likeness (QED) is 0.0368. The van der Waals surface area contributed by atoms with Crippen LogP contribution < -0.4 is 43.4 Å². The van der Waals surface area contributed by atoms with Crippen molar-refractivity contribution in [1.82, 2.24) is 41.9 Å². The van der Waals surface area contributed by atoms with Gasteiger partial charge >= 0.3 is 17.9 Å². The number of nitrogens with one attached hydrogen (secondary N) is 7. The van der Waals surface area contributed by atoms with Crippen LogP contribution in [0.1, 0.15) is 63.1 Å². The van der Waals surface area contributed by atoms with Crippen molar-refractivity contribution in [3.8, 4) is 0 Å². The van der Waals surface area contributed by atoms with E-state index in [1.54, 1.807) is 30.3 Å². The number of nitrogens with zero attached hydrogens (tertiary/aromatic N) is 1. The summed E-state index contributed by atoms with van der Waals surface area (Å²) in [6, 6.07) is -0.298. The third-order valence-corrected chi connectivity index (χ3v) is 8.88. The van der Waals surface area contributed by atoms with Crippen LogP contribution in [0.4, 0.5) is 0 Å². The molecule has 23 nitrogen and oxygen atoms in total. The molecule has 330 valence electrons. The van der Waals surface area contributed by atoms with Crippen LogP contribution in [0.3, 0.4) is 0 Å². The van der Waals surface area contributed by atoms with Crippen molar-refractivity contribution in [3.63, 3.8) is 0 Å². The van der Waals surface area contributed by atoms with E-state index in [0.717, 1.165) is 0 Å². The number of unbranched alkanes of at least 4 members (excludes halogenated alkanes) is 1. The van der Waals surface area contributed by atoms with Crippen molar-refractivity contribution in [2.75, 3.05) is 13.1 Å². The topological polar surface area (TPSA) is 387 Å². The highest BCUT2D eigenvalue weighted by Gasteiger charge is 2.34. The van der Waals surface area contributed by atoms with Gasteiger partial charge in [0.05, 0.1) is 25.0 Å². The summed E-state index contributed by atoms with van der Waals surface area (Å²) >= 11 is 0. The average Bonchev–Trinajstić information content (AvgIpc) is 3.71. The van der Waals surface area contributed by atoms with E-state index in [1.807, 2.05) is 0 Å². The minimum absolute atomic E-state index is 0.0140. The number of carbonyl (C=O) groups is 9. The van der Waals surface area contributed by atoms with Gasteiger partial charge in [0.2, 0.25) is 35.4 Å². The lowest BCUT2D eigenvalue weighted by Gasteiger charge is -2.27. The lowest BCUT2D eigenvalue weighted by atomic mass is 10.0. The molecule has 0 aliphatic rings. The summed E-state index contributed by atoms with van der Waals surface area (Å²) in [5.41, 5.74) is 12.2. The Hall–Kier alpha value is -6.46. The lowest BCUT2D eigenvalue weighted by Crippen LogP contribution is -2.60. The van der Waals surface area contributed by atoms with Crippen molar-refractivity contribution in [3.05, 3.63) is 54.1 Å². The number of nitrogens with two attached hydrogens (primary N) is 2. The number of aromatic nitrogens is 2. The first-order valence-electron chi connectivity index (χ1n) is 19.0. The molecule has 0 unspecified atom stereocenters. The summed E-state index contributed by atoms with van der Waals surface area (Å²) in [6.07, 6.45) is -0.156. The molecule has 0 spiro atoms. The minimum atomic E-state index is -1.70. The summed E-state index contributed by atoms with van der Waals surface area (Å²) in [6.45, 7) is 0.692. The monoisotopic (exact) mass is 846 g/mol. The van der Waals surface area contributed by atoms with Gasteiger partial charge in [-0.05, 0) is 51.1 Å². The first kappa shape index (κ1) is 49.7. The number of H-pyrrole nitrogens is 1. The molecule has 60 heavy (non-hydrogen) atoms.